The van der Waals surface area contributed by atoms with Gasteiger partial charge in [0, 0.05) is 24.2 Å². The smallest absolute Gasteiger partial charge is 0.407 e. The molecular formula is C24H23ClN2O4. The summed E-state index contributed by atoms with van der Waals surface area (Å²) in [5.74, 6) is -0.0505. The number of hydrogen-bond donors (Lipinski definition) is 3. The lowest BCUT2D eigenvalue weighted by molar-refractivity contribution is 0.0180. The molecule has 160 valence electrons. The van der Waals surface area contributed by atoms with E-state index in [-0.39, 0.29) is 24.2 Å². The van der Waals surface area contributed by atoms with Gasteiger partial charge in [-0.3, -0.25) is 0 Å². The number of alkyl carbamates (subject to hydrolysis) is 1. The van der Waals surface area contributed by atoms with Crippen molar-refractivity contribution >= 4 is 17.7 Å². The molecule has 0 aliphatic heterocycles. The Labute approximate surface area is 185 Å². The third kappa shape index (κ3) is 4.28. The first-order valence-corrected chi connectivity index (χ1v) is 10.4. The number of fused-ring (bicyclic) bond motifs is 3. The number of pyridine rings is 1. The van der Waals surface area contributed by atoms with Gasteiger partial charge in [-0.2, -0.15) is 0 Å². The topological polar surface area (TPSA) is 91.7 Å². The van der Waals surface area contributed by atoms with E-state index in [4.69, 9.17) is 16.3 Å². The maximum absolute atomic E-state index is 12.3. The molecule has 0 saturated heterocycles. The summed E-state index contributed by atoms with van der Waals surface area (Å²) >= 11 is 6.04. The maximum Gasteiger partial charge on any atom is 0.407 e. The Morgan fingerprint density at radius 1 is 1.10 bits per heavy atom. The molecule has 1 aromatic heterocycles. The van der Waals surface area contributed by atoms with Crippen molar-refractivity contribution in [1.82, 2.24) is 10.3 Å². The molecule has 0 spiro atoms. The first-order chi connectivity index (χ1) is 15.0. The second-order valence-corrected chi connectivity index (χ2v) is 7.91. The van der Waals surface area contributed by atoms with Crippen molar-refractivity contribution in [3.05, 3.63) is 88.2 Å². The predicted molar refractivity (Wildman–Crippen MR) is 118 cm³/mol. The molecule has 2 unspecified atom stereocenters. The van der Waals surface area contributed by atoms with E-state index in [0.717, 1.165) is 22.3 Å². The van der Waals surface area contributed by atoms with Gasteiger partial charge in [0.25, 0.3) is 0 Å². The summed E-state index contributed by atoms with van der Waals surface area (Å²) < 4.78 is 5.44. The van der Waals surface area contributed by atoms with Gasteiger partial charge in [-0.05, 0) is 40.8 Å². The van der Waals surface area contributed by atoms with E-state index in [9.17, 15) is 15.0 Å². The van der Waals surface area contributed by atoms with Crippen LogP contribution < -0.4 is 5.32 Å². The number of aliphatic hydroxyl groups excluding tert-OH is 2. The van der Waals surface area contributed by atoms with Crippen LogP contribution in [0.5, 0.6) is 0 Å². The molecule has 2 atom stereocenters. The van der Waals surface area contributed by atoms with Crippen LogP contribution in [0.2, 0.25) is 5.15 Å². The highest BCUT2D eigenvalue weighted by Crippen LogP contribution is 2.44. The number of aliphatic hydroxyl groups is 2. The SMILES string of the molecule is Cc1ccnc(Cl)c1C(O)C(O)CNC(=O)OCC1c2ccccc2-c2ccccc21. The van der Waals surface area contributed by atoms with Crippen molar-refractivity contribution in [1.29, 1.82) is 0 Å². The zero-order valence-electron chi connectivity index (χ0n) is 17.0. The molecule has 1 heterocycles. The van der Waals surface area contributed by atoms with Crippen LogP contribution in [0, 0.1) is 6.92 Å². The Morgan fingerprint density at radius 3 is 2.32 bits per heavy atom. The summed E-state index contributed by atoms with van der Waals surface area (Å²) in [6.45, 7) is 1.74. The van der Waals surface area contributed by atoms with Crippen LogP contribution in [-0.4, -0.2) is 40.5 Å². The number of aromatic nitrogens is 1. The third-order valence-corrected chi connectivity index (χ3v) is 5.92. The molecule has 4 rings (SSSR count). The van der Waals surface area contributed by atoms with E-state index in [0.29, 0.717) is 11.1 Å². The molecule has 0 radical (unpaired) electrons. The van der Waals surface area contributed by atoms with Crippen LogP contribution in [0.1, 0.15) is 34.3 Å². The minimum Gasteiger partial charge on any atom is -0.449 e. The summed E-state index contributed by atoms with van der Waals surface area (Å²) in [6.07, 6.45) is -1.69. The first-order valence-electron chi connectivity index (χ1n) is 10.0. The Kier molecular flexibility index (Phi) is 6.23. The van der Waals surface area contributed by atoms with Crippen molar-refractivity contribution in [2.24, 2.45) is 0 Å². The van der Waals surface area contributed by atoms with Crippen LogP contribution in [0.15, 0.2) is 60.8 Å². The van der Waals surface area contributed by atoms with Crippen LogP contribution in [0.3, 0.4) is 0 Å². The van der Waals surface area contributed by atoms with E-state index in [1.807, 2.05) is 36.4 Å². The highest BCUT2D eigenvalue weighted by molar-refractivity contribution is 6.30. The minimum absolute atomic E-state index is 0.0505. The number of amides is 1. The van der Waals surface area contributed by atoms with Crippen molar-refractivity contribution in [2.75, 3.05) is 13.2 Å². The number of nitrogens with zero attached hydrogens (tertiary/aromatic N) is 1. The standard InChI is InChI=1S/C24H23ClN2O4/c1-14-10-11-26-23(25)21(14)22(29)20(28)12-27-24(30)31-13-19-17-8-4-2-6-15(17)16-7-3-5-9-18(16)19/h2-11,19-20,22,28-29H,12-13H2,1H3,(H,27,30). The lowest BCUT2D eigenvalue weighted by Gasteiger charge is -2.21. The summed E-state index contributed by atoms with van der Waals surface area (Å²) in [5, 5.41) is 23.3. The predicted octanol–water partition coefficient (Wildman–Crippen LogP) is 3.98. The van der Waals surface area contributed by atoms with Gasteiger partial charge >= 0.3 is 6.09 Å². The van der Waals surface area contributed by atoms with Gasteiger partial charge in [0.1, 0.15) is 24.0 Å². The summed E-state index contributed by atoms with van der Waals surface area (Å²) in [7, 11) is 0. The fourth-order valence-electron chi connectivity index (χ4n) is 4.03. The molecule has 1 aliphatic carbocycles. The van der Waals surface area contributed by atoms with Gasteiger partial charge in [0.15, 0.2) is 0 Å². The molecule has 1 aliphatic rings. The fourth-order valence-corrected chi connectivity index (χ4v) is 4.35. The molecule has 0 bridgehead atoms. The Morgan fingerprint density at radius 2 is 1.71 bits per heavy atom. The van der Waals surface area contributed by atoms with Crippen molar-refractivity contribution in [2.45, 2.75) is 25.0 Å². The van der Waals surface area contributed by atoms with Crippen molar-refractivity contribution < 1.29 is 19.7 Å². The molecule has 3 aromatic rings. The largest absolute Gasteiger partial charge is 0.449 e. The van der Waals surface area contributed by atoms with E-state index in [2.05, 4.69) is 22.4 Å². The van der Waals surface area contributed by atoms with E-state index in [1.54, 1.807) is 13.0 Å². The molecule has 1 amide bonds. The minimum atomic E-state index is -1.28. The molecular weight excluding hydrogens is 416 g/mol. The number of nitrogens with one attached hydrogen (secondary N) is 1. The number of carbonyl (C=O) groups is 1. The number of aryl methyl sites for hydroxylation is 1. The number of ether oxygens (including phenoxy) is 1. The van der Waals surface area contributed by atoms with Gasteiger partial charge in [-0.25, -0.2) is 9.78 Å². The van der Waals surface area contributed by atoms with Crippen LogP contribution >= 0.6 is 11.6 Å². The molecule has 2 aromatic carbocycles. The van der Waals surface area contributed by atoms with Gasteiger partial charge in [-0.15, -0.1) is 0 Å². The van der Waals surface area contributed by atoms with E-state index < -0.39 is 18.3 Å². The molecule has 7 heteroatoms. The van der Waals surface area contributed by atoms with Crippen molar-refractivity contribution in [3.63, 3.8) is 0 Å². The second kappa shape index (κ2) is 9.06. The second-order valence-electron chi connectivity index (χ2n) is 7.55. The van der Waals surface area contributed by atoms with Gasteiger partial charge in [0.05, 0.1) is 0 Å². The summed E-state index contributed by atoms with van der Waals surface area (Å²) in [4.78, 5) is 16.2. The number of halogens is 1. The lowest BCUT2D eigenvalue weighted by atomic mass is 9.98. The van der Waals surface area contributed by atoms with E-state index in [1.165, 1.54) is 6.20 Å². The van der Waals surface area contributed by atoms with Gasteiger partial charge in [0.2, 0.25) is 0 Å². The summed E-state index contributed by atoms with van der Waals surface area (Å²) in [6, 6.07) is 17.8. The average molecular weight is 439 g/mol. The van der Waals surface area contributed by atoms with E-state index >= 15 is 0 Å². The van der Waals surface area contributed by atoms with Gasteiger partial charge in [-0.1, -0.05) is 60.1 Å². The highest BCUT2D eigenvalue weighted by Gasteiger charge is 2.29. The monoisotopic (exact) mass is 438 g/mol. The zero-order chi connectivity index (χ0) is 22.0. The molecule has 0 fully saturated rings. The zero-order valence-corrected chi connectivity index (χ0v) is 17.7. The van der Waals surface area contributed by atoms with Crippen LogP contribution in [-0.2, 0) is 4.74 Å². The Bertz CT molecular complexity index is 1040. The molecule has 0 saturated carbocycles. The first kappa shape index (κ1) is 21.3. The number of benzene rings is 2. The Balaban J connectivity index is 1.36. The molecule has 6 nitrogen and oxygen atoms in total. The molecule has 31 heavy (non-hydrogen) atoms. The fraction of sp³-hybridized carbons (Fsp3) is 0.250. The van der Waals surface area contributed by atoms with Gasteiger partial charge < -0.3 is 20.3 Å². The number of hydrogen-bond acceptors (Lipinski definition) is 5. The van der Waals surface area contributed by atoms with Crippen molar-refractivity contribution in [3.8, 4) is 11.1 Å². The average Bonchev–Trinajstić information content (AvgIpc) is 3.09. The Hall–Kier alpha value is -2.93. The van der Waals surface area contributed by atoms with Crippen LogP contribution in [0.4, 0.5) is 4.79 Å². The third-order valence-electron chi connectivity index (χ3n) is 5.62. The highest BCUT2D eigenvalue weighted by atomic mass is 35.5. The lowest BCUT2D eigenvalue weighted by Crippen LogP contribution is -2.36. The van der Waals surface area contributed by atoms with Crippen LogP contribution in [0.25, 0.3) is 11.1 Å². The number of rotatable bonds is 6. The maximum atomic E-state index is 12.3. The quantitative estimate of drug-likeness (QED) is 0.506. The molecule has 3 N–H and O–H groups in total. The summed E-state index contributed by atoms with van der Waals surface area (Å²) in [5.41, 5.74) is 5.57. The number of carbonyl (C=O) groups excluding carboxylic acids is 1. The normalized spacial score (nSPS) is 14.5.